The number of hydrogen-bond donors (Lipinski definition) is 0. The fourth-order valence-corrected chi connectivity index (χ4v) is 2.19. The summed E-state index contributed by atoms with van der Waals surface area (Å²) in [5, 5.41) is 0. The van der Waals surface area contributed by atoms with Crippen molar-refractivity contribution in [1.29, 1.82) is 0 Å². The van der Waals surface area contributed by atoms with Crippen LogP contribution in [0.5, 0.6) is 5.75 Å². The van der Waals surface area contributed by atoms with E-state index < -0.39 is 0 Å². The molecular weight excluding hydrogens is 286 g/mol. The van der Waals surface area contributed by atoms with Crippen LogP contribution in [0, 0.1) is 0 Å². The normalized spacial score (nSPS) is 19.1. The van der Waals surface area contributed by atoms with Gasteiger partial charge in [-0.3, -0.25) is 4.90 Å². The number of amides is 1. The number of ether oxygens (including phenoxy) is 4. The van der Waals surface area contributed by atoms with Crippen molar-refractivity contribution < 1.29 is 23.7 Å². The molecule has 0 bridgehead atoms. The third-order valence-electron chi connectivity index (χ3n) is 3.57. The first kappa shape index (κ1) is 16.6. The van der Waals surface area contributed by atoms with Crippen molar-refractivity contribution in [3.63, 3.8) is 0 Å². The zero-order valence-electron chi connectivity index (χ0n) is 13.3. The summed E-state index contributed by atoms with van der Waals surface area (Å²) in [6, 6.07) is 7.41. The summed E-state index contributed by atoms with van der Waals surface area (Å²) < 4.78 is 21.1. The number of carbonyl (C=O) groups excluding carboxylic acids is 1. The lowest BCUT2D eigenvalue weighted by Gasteiger charge is -2.14. The van der Waals surface area contributed by atoms with E-state index >= 15 is 0 Å². The first-order valence-electron chi connectivity index (χ1n) is 7.36. The van der Waals surface area contributed by atoms with Gasteiger partial charge in [-0.2, -0.15) is 0 Å². The topological polar surface area (TPSA) is 57.2 Å². The van der Waals surface area contributed by atoms with Crippen LogP contribution in [0.3, 0.4) is 0 Å². The third kappa shape index (κ3) is 4.35. The Balaban J connectivity index is 1.87. The number of nitrogens with zero attached hydrogens (tertiary/aromatic N) is 1. The van der Waals surface area contributed by atoms with Gasteiger partial charge in [0.2, 0.25) is 0 Å². The van der Waals surface area contributed by atoms with Crippen LogP contribution in [-0.2, 0) is 14.2 Å². The minimum atomic E-state index is -0.343. The molecule has 6 nitrogen and oxygen atoms in total. The molecule has 22 heavy (non-hydrogen) atoms. The van der Waals surface area contributed by atoms with Gasteiger partial charge in [0, 0.05) is 26.3 Å². The maximum absolute atomic E-state index is 11.8. The number of methoxy groups -OCH3 is 2. The van der Waals surface area contributed by atoms with E-state index in [1.165, 1.54) is 0 Å². The fraction of sp³-hybridized carbons (Fsp3) is 0.562. The van der Waals surface area contributed by atoms with Crippen LogP contribution in [0.15, 0.2) is 24.3 Å². The summed E-state index contributed by atoms with van der Waals surface area (Å²) in [6.07, 6.45) is 0.444. The van der Waals surface area contributed by atoms with Crippen molar-refractivity contribution in [3.05, 3.63) is 24.3 Å². The van der Waals surface area contributed by atoms with Gasteiger partial charge in [0.1, 0.15) is 11.9 Å². The number of carbonyl (C=O) groups is 1. The van der Waals surface area contributed by atoms with Crippen molar-refractivity contribution in [2.45, 2.75) is 25.6 Å². The number of benzene rings is 1. The van der Waals surface area contributed by atoms with Crippen molar-refractivity contribution in [3.8, 4) is 5.75 Å². The molecular formula is C16H23NO5. The summed E-state index contributed by atoms with van der Waals surface area (Å²) in [5.74, 6) is 0.771. The molecule has 1 amide bonds. The molecule has 0 radical (unpaired) electrons. The largest absolute Gasteiger partial charge is 0.493 e. The number of hydrogen-bond acceptors (Lipinski definition) is 5. The molecule has 1 aromatic carbocycles. The average Bonchev–Trinajstić information content (AvgIpc) is 2.89. The van der Waals surface area contributed by atoms with Crippen molar-refractivity contribution >= 4 is 11.8 Å². The number of anilines is 1. The molecule has 1 fully saturated rings. The van der Waals surface area contributed by atoms with Crippen LogP contribution in [0.2, 0.25) is 0 Å². The lowest BCUT2D eigenvalue weighted by Crippen LogP contribution is -2.25. The number of rotatable bonds is 8. The van der Waals surface area contributed by atoms with Gasteiger partial charge in [-0.1, -0.05) is 0 Å². The van der Waals surface area contributed by atoms with Gasteiger partial charge < -0.3 is 18.9 Å². The van der Waals surface area contributed by atoms with Gasteiger partial charge in [-0.15, -0.1) is 0 Å². The van der Waals surface area contributed by atoms with E-state index in [4.69, 9.17) is 18.9 Å². The zero-order chi connectivity index (χ0) is 15.9. The Morgan fingerprint density at radius 3 is 2.68 bits per heavy atom. The van der Waals surface area contributed by atoms with E-state index in [9.17, 15) is 4.79 Å². The zero-order valence-corrected chi connectivity index (χ0v) is 13.3. The van der Waals surface area contributed by atoms with Crippen LogP contribution in [0.4, 0.5) is 10.5 Å². The maximum Gasteiger partial charge on any atom is 0.414 e. The Hall–Kier alpha value is -1.79. The Morgan fingerprint density at radius 2 is 2.05 bits per heavy atom. The molecule has 2 rings (SSSR count). The summed E-state index contributed by atoms with van der Waals surface area (Å²) in [5.41, 5.74) is 0.793. The lowest BCUT2D eigenvalue weighted by atomic mass is 10.2. The van der Waals surface area contributed by atoms with Crippen LogP contribution < -0.4 is 9.64 Å². The number of cyclic esters (lactones) is 1. The Bertz CT molecular complexity index is 476. The van der Waals surface area contributed by atoms with Gasteiger partial charge in [0.25, 0.3) is 0 Å². The Morgan fingerprint density at radius 1 is 1.32 bits per heavy atom. The standard InChI is InChI=1S/C16H23NO5/c1-12(20-3)8-9-21-14-6-4-13(5-7-14)17-10-15(11-19-2)22-16(17)18/h4-7,12,15H,8-11H2,1-3H3/t12-,15?/m0/s1. The Labute approximate surface area is 130 Å². The van der Waals surface area contributed by atoms with Crippen molar-refractivity contribution in [2.75, 3.05) is 38.9 Å². The molecule has 1 aliphatic heterocycles. The molecule has 1 heterocycles. The van der Waals surface area contributed by atoms with E-state index in [2.05, 4.69) is 0 Å². The van der Waals surface area contributed by atoms with Gasteiger partial charge in [-0.05, 0) is 31.2 Å². The van der Waals surface area contributed by atoms with Crippen molar-refractivity contribution in [2.24, 2.45) is 0 Å². The highest BCUT2D eigenvalue weighted by molar-refractivity contribution is 5.89. The smallest absolute Gasteiger partial charge is 0.414 e. The van der Waals surface area contributed by atoms with E-state index in [1.807, 2.05) is 31.2 Å². The predicted octanol–water partition coefficient (Wildman–Crippen LogP) is 2.46. The molecule has 0 aromatic heterocycles. The second-order valence-corrected chi connectivity index (χ2v) is 5.25. The lowest BCUT2D eigenvalue weighted by molar-refractivity contribution is 0.0718. The SMILES string of the molecule is COCC1CN(c2ccc(OCC[C@H](C)OC)cc2)C(=O)O1. The summed E-state index contributed by atoms with van der Waals surface area (Å²) >= 11 is 0. The highest BCUT2D eigenvalue weighted by Gasteiger charge is 2.32. The first-order chi connectivity index (χ1) is 10.6. The monoisotopic (exact) mass is 309 g/mol. The quantitative estimate of drug-likeness (QED) is 0.738. The molecule has 0 saturated carbocycles. The average molecular weight is 309 g/mol. The second-order valence-electron chi connectivity index (χ2n) is 5.25. The van der Waals surface area contributed by atoms with E-state index in [-0.39, 0.29) is 18.3 Å². The molecule has 0 aliphatic carbocycles. The van der Waals surface area contributed by atoms with Crippen LogP contribution in [-0.4, -0.2) is 52.3 Å². The minimum Gasteiger partial charge on any atom is -0.493 e. The molecule has 1 aliphatic rings. The highest BCUT2D eigenvalue weighted by Crippen LogP contribution is 2.24. The molecule has 0 spiro atoms. The minimum absolute atomic E-state index is 0.177. The van der Waals surface area contributed by atoms with Gasteiger partial charge in [-0.25, -0.2) is 4.79 Å². The van der Waals surface area contributed by atoms with E-state index in [0.29, 0.717) is 19.8 Å². The van der Waals surface area contributed by atoms with Crippen LogP contribution >= 0.6 is 0 Å². The third-order valence-corrected chi connectivity index (χ3v) is 3.57. The van der Waals surface area contributed by atoms with E-state index in [0.717, 1.165) is 17.9 Å². The fourth-order valence-electron chi connectivity index (χ4n) is 2.19. The Kier molecular flexibility index (Phi) is 6.03. The molecule has 0 N–H and O–H groups in total. The highest BCUT2D eigenvalue weighted by atomic mass is 16.6. The van der Waals surface area contributed by atoms with Crippen molar-refractivity contribution in [1.82, 2.24) is 0 Å². The van der Waals surface area contributed by atoms with E-state index in [1.54, 1.807) is 19.1 Å². The predicted molar refractivity (Wildman–Crippen MR) is 82.5 cm³/mol. The first-order valence-corrected chi connectivity index (χ1v) is 7.36. The van der Waals surface area contributed by atoms with Gasteiger partial charge in [0.05, 0.1) is 25.9 Å². The molecule has 1 saturated heterocycles. The van der Waals surface area contributed by atoms with Crippen LogP contribution in [0.25, 0.3) is 0 Å². The molecule has 1 unspecified atom stereocenters. The maximum atomic E-state index is 11.8. The summed E-state index contributed by atoms with van der Waals surface area (Å²) in [6.45, 7) is 3.50. The molecule has 122 valence electrons. The summed E-state index contributed by atoms with van der Waals surface area (Å²) in [4.78, 5) is 13.4. The molecule has 2 atom stereocenters. The second kappa shape index (κ2) is 8.00. The van der Waals surface area contributed by atoms with Crippen LogP contribution in [0.1, 0.15) is 13.3 Å². The van der Waals surface area contributed by atoms with Gasteiger partial charge >= 0.3 is 6.09 Å². The summed E-state index contributed by atoms with van der Waals surface area (Å²) in [7, 11) is 3.28. The van der Waals surface area contributed by atoms with Gasteiger partial charge in [0.15, 0.2) is 0 Å². The molecule has 6 heteroatoms. The molecule has 1 aromatic rings.